The maximum Gasteiger partial charge on any atom is 1.00 e. The number of hydrogen-bond acceptors (Lipinski definition) is 9. The van der Waals surface area contributed by atoms with Crippen LogP contribution in [0.4, 0.5) is 0 Å². The van der Waals surface area contributed by atoms with E-state index >= 15 is 0 Å². The smallest absolute Gasteiger partial charge is 0.747 e. The predicted molar refractivity (Wildman–Crippen MR) is 197 cm³/mol. The average molecular weight is 777 g/mol. The van der Waals surface area contributed by atoms with Gasteiger partial charge in [-0.2, -0.15) is 0 Å². The summed E-state index contributed by atoms with van der Waals surface area (Å²) in [4.78, 5) is 24.2. The van der Waals surface area contributed by atoms with Crippen LogP contribution in [-0.4, -0.2) is 43.4 Å². The van der Waals surface area contributed by atoms with Crippen molar-refractivity contribution in [3.8, 4) is 0 Å². The molecule has 0 aromatic heterocycles. The number of rotatable bonds is 28. The first kappa shape index (κ1) is 50.5. The van der Waals surface area contributed by atoms with Crippen molar-refractivity contribution in [2.75, 3.05) is 13.2 Å². The summed E-state index contributed by atoms with van der Waals surface area (Å²) < 4.78 is 44.7. The average Bonchev–Trinajstić information content (AvgIpc) is 2.99. The monoisotopic (exact) mass is 776 g/mol. The quantitative estimate of drug-likeness (QED) is 0.0470. The second-order valence-electron chi connectivity index (χ2n) is 10.9. The molecule has 0 aromatic rings. The van der Waals surface area contributed by atoms with Gasteiger partial charge in [-0.25, -0.2) is 8.42 Å². The molecule has 0 spiro atoms. The van der Waals surface area contributed by atoms with Crippen LogP contribution in [0.25, 0.3) is 0 Å². The second-order valence-corrected chi connectivity index (χ2v) is 19.5. The van der Waals surface area contributed by atoms with Crippen molar-refractivity contribution in [3.05, 3.63) is 0 Å². The first-order chi connectivity index (χ1) is 21.2. The van der Waals surface area contributed by atoms with Crippen LogP contribution in [0.5, 0.6) is 0 Å². The fourth-order valence-electron chi connectivity index (χ4n) is 4.52. The molecule has 0 aromatic carbocycles. The van der Waals surface area contributed by atoms with E-state index in [1.54, 1.807) is 0 Å². The summed E-state index contributed by atoms with van der Waals surface area (Å²) in [6.07, 6.45) is 24.6. The maximum atomic E-state index is 12.2. The molecule has 15 heteroatoms. The normalized spacial score (nSPS) is 11.3. The molecule has 0 radical (unpaired) electrons. The predicted octanol–water partition coefficient (Wildman–Crippen LogP) is 4.99. The third-order valence-electron chi connectivity index (χ3n) is 7.05. The van der Waals surface area contributed by atoms with Crippen molar-refractivity contribution < 1.29 is 61.6 Å². The van der Waals surface area contributed by atoms with E-state index in [4.69, 9.17) is 9.47 Å². The Bertz CT molecular complexity index is 955. The van der Waals surface area contributed by atoms with Gasteiger partial charge in [0.15, 0.2) is 5.25 Å². The molecule has 0 fully saturated rings. The molecule has 0 aliphatic rings. The van der Waals surface area contributed by atoms with Gasteiger partial charge in [0.1, 0.15) is 10.1 Å². The standard InChI is InChI=1S/C30H58O7S.Na.S6/c1-3-5-7-9-11-13-15-17-19-21-23-25-36-29(31)27-28(38(33,34)35)30(32)37-26-24-22-20-18-16-14-12-10-8-6-4-2;;1-3-5-6-4-2/h28H,3-27H2,1-2H3,(H,33,34,35);;/q;+1;/p-1. The first-order valence-electron chi connectivity index (χ1n) is 16.4. The Hall–Kier alpha value is 1.17. The van der Waals surface area contributed by atoms with Gasteiger partial charge in [0.25, 0.3) is 0 Å². The van der Waals surface area contributed by atoms with Crippen LogP contribution in [0.1, 0.15) is 162 Å². The number of hydrogen-bond donors (Lipinski definition) is 0. The van der Waals surface area contributed by atoms with E-state index in [9.17, 15) is 22.6 Å². The zero-order valence-electron chi connectivity index (χ0n) is 28.0. The van der Waals surface area contributed by atoms with Gasteiger partial charge < -0.3 is 14.0 Å². The molecule has 0 aliphatic carbocycles. The first-order valence-corrected chi connectivity index (χ1v) is 24.6. The van der Waals surface area contributed by atoms with Crippen LogP contribution in [0.2, 0.25) is 0 Å². The Morgan fingerprint density at radius 3 is 1.22 bits per heavy atom. The minimum absolute atomic E-state index is 0. The molecule has 0 saturated carbocycles. The fourth-order valence-corrected chi connectivity index (χ4v) is 10.7. The van der Waals surface area contributed by atoms with E-state index in [1.807, 2.05) is 0 Å². The third-order valence-corrected chi connectivity index (χ3v) is 14.8. The molecule has 7 nitrogen and oxygen atoms in total. The number of unbranched alkanes of at least 4 members (excludes halogenated alkanes) is 20. The molecular formula is C30H57NaO7S7. The van der Waals surface area contributed by atoms with E-state index in [0.717, 1.165) is 38.5 Å². The fraction of sp³-hybridized carbons (Fsp3) is 0.933. The molecule has 262 valence electrons. The van der Waals surface area contributed by atoms with Crippen LogP contribution in [0.15, 0.2) is 0 Å². The number of carbonyl (C=O) groups is 2. The summed E-state index contributed by atoms with van der Waals surface area (Å²) >= 11 is 9.03. The topological polar surface area (TPSA) is 110 Å². The van der Waals surface area contributed by atoms with Crippen molar-refractivity contribution in [1.29, 1.82) is 0 Å². The van der Waals surface area contributed by atoms with E-state index < -0.39 is 33.7 Å². The van der Waals surface area contributed by atoms with Crippen LogP contribution < -0.4 is 29.6 Å². The van der Waals surface area contributed by atoms with Crippen molar-refractivity contribution >= 4 is 80.0 Å². The van der Waals surface area contributed by atoms with Crippen molar-refractivity contribution in [2.45, 2.75) is 167 Å². The van der Waals surface area contributed by atoms with Crippen LogP contribution in [0.3, 0.4) is 0 Å². The van der Waals surface area contributed by atoms with Crippen molar-refractivity contribution in [1.82, 2.24) is 0 Å². The third kappa shape index (κ3) is 39.5. The molecule has 0 saturated heterocycles. The van der Waals surface area contributed by atoms with E-state index in [-0.39, 0.29) is 42.8 Å². The minimum Gasteiger partial charge on any atom is -0.747 e. The Kier molecular flexibility index (Phi) is 44.5. The summed E-state index contributed by atoms with van der Waals surface area (Å²) in [5.74, 6) is -2.01. The molecule has 1 atom stereocenters. The van der Waals surface area contributed by atoms with Crippen LogP contribution >= 0.6 is 0 Å². The summed E-state index contributed by atoms with van der Waals surface area (Å²) in [7, 11) is 0.627. The molecule has 0 amide bonds. The Labute approximate surface area is 318 Å². The van der Waals surface area contributed by atoms with E-state index in [0.29, 0.717) is 12.8 Å². The van der Waals surface area contributed by atoms with Gasteiger partial charge in [-0.05, 0) is 12.8 Å². The number of esters is 2. The van der Waals surface area contributed by atoms with E-state index in [2.05, 4.69) is 36.2 Å². The molecule has 0 bridgehead atoms. The summed E-state index contributed by atoms with van der Waals surface area (Å²) in [6, 6.07) is 0. The SMILES string of the molecule is CCCCCCCCCCCCCOC(=O)CC(C(=O)OCCCCCCCCCCCCC)S(=O)(=O)[O-].S=S=S=S=S=S.[Na+]. The van der Waals surface area contributed by atoms with Gasteiger partial charge >= 0.3 is 41.5 Å². The largest absolute Gasteiger partial charge is 1.00 e. The maximum absolute atomic E-state index is 12.2. The van der Waals surface area contributed by atoms with Gasteiger partial charge in [-0.1, -0.05) is 142 Å². The molecule has 0 N–H and O–H groups in total. The minimum atomic E-state index is -5.01. The van der Waals surface area contributed by atoms with Crippen LogP contribution in [-0.2, 0) is 87.1 Å². The molecule has 1 unspecified atom stereocenters. The number of carbonyl (C=O) groups excluding carboxylic acids is 2. The van der Waals surface area contributed by atoms with Gasteiger partial charge in [0, 0.05) is 57.9 Å². The van der Waals surface area contributed by atoms with Gasteiger partial charge in [-0.3, -0.25) is 9.59 Å². The summed E-state index contributed by atoms with van der Waals surface area (Å²) in [5.41, 5.74) is 0. The summed E-state index contributed by atoms with van der Waals surface area (Å²) in [5, 5.41) is -2.04. The molecule has 0 aliphatic heterocycles. The summed E-state index contributed by atoms with van der Waals surface area (Å²) in [6.45, 7) is 4.65. The van der Waals surface area contributed by atoms with Gasteiger partial charge in [0.05, 0.1) is 19.6 Å². The van der Waals surface area contributed by atoms with Crippen LogP contribution in [0, 0.1) is 0 Å². The molecular weight excluding hydrogens is 720 g/mol. The van der Waals surface area contributed by atoms with Gasteiger partial charge in [-0.15, -0.1) is 0 Å². The van der Waals surface area contributed by atoms with Gasteiger partial charge in [0.2, 0.25) is 0 Å². The molecule has 0 heterocycles. The number of ether oxygens (including phenoxy) is 2. The zero-order valence-corrected chi connectivity index (χ0v) is 35.7. The van der Waals surface area contributed by atoms with Crippen molar-refractivity contribution in [2.24, 2.45) is 0 Å². The Balaban J connectivity index is -0.00000227. The van der Waals surface area contributed by atoms with Crippen molar-refractivity contribution in [3.63, 3.8) is 0 Å². The molecule has 0 rings (SSSR count). The molecule has 45 heavy (non-hydrogen) atoms. The Morgan fingerprint density at radius 1 is 0.600 bits per heavy atom. The second kappa shape index (κ2) is 39.6. The zero-order chi connectivity index (χ0) is 33.2. The van der Waals surface area contributed by atoms with E-state index in [1.165, 1.54) is 125 Å². The Morgan fingerprint density at radius 2 is 0.911 bits per heavy atom.